The van der Waals surface area contributed by atoms with Crippen molar-refractivity contribution >= 4 is 28.3 Å². The molecule has 0 spiro atoms. The van der Waals surface area contributed by atoms with Crippen LogP contribution in [0.4, 0.5) is 0 Å². The third-order valence-electron chi connectivity index (χ3n) is 4.95. The molecule has 1 aromatic heterocycles. The number of benzene rings is 2. The highest BCUT2D eigenvalue weighted by Crippen LogP contribution is 2.46. The Morgan fingerprint density at radius 3 is 2.60 bits per heavy atom. The molecule has 0 bridgehead atoms. The lowest BCUT2D eigenvalue weighted by Crippen LogP contribution is -2.06. The number of carbonyl (C=O) groups is 1. The first-order chi connectivity index (χ1) is 12.3. The van der Waals surface area contributed by atoms with Gasteiger partial charge in [0.05, 0.1) is 5.75 Å². The van der Waals surface area contributed by atoms with E-state index in [1.165, 1.54) is 37.4 Å². The molecule has 5 rings (SSSR count). The van der Waals surface area contributed by atoms with E-state index in [2.05, 4.69) is 20.8 Å². The van der Waals surface area contributed by atoms with E-state index in [4.69, 9.17) is 0 Å². The van der Waals surface area contributed by atoms with Gasteiger partial charge in [-0.3, -0.25) is 4.79 Å². The maximum Gasteiger partial charge on any atom is 0.191 e. The molecule has 2 aromatic carbocycles. The summed E-state index contributed by atoms with van der Waals surface area (Å²) < 4.78 is 2.30. The van der Waals surface area contributed by atoms with Gasteiger partial charge in [0.1, 0.15) is 5.82 Å². The average Bonchev–Trinajstić information content (AvgIpc) is 3.58. The summed E-state index contributed by atoms with van der Waals surface area (Å²) in [6, 6.07) is 14.6. The molecule has 2 aliphatic carbocycles. The Kier molecular flexibility index (Phi) is 3.63. The number of rotatable bonds is 6. The number of carbonyl (C=O) groups excluding carboxylic acids is 1. The monoisotopic (exact) mass is 349 g/mol. The lowest BCUT2D eigenvalue weighted by atomic mass is 10.1. The zero-order valence-electron chi connectivity index (χ0n) is 13.9. The highest BCUT2D eigenvalue weighted by Gasteiger charge is 2.36. The zero-order valence-corrected chi connectivity index (χ0v) is 14.7. The molecule has 25 heavy (non-hydrogen) atoms. The third kappa shape index (κ3) is 2.97. The SMILES string of the molecule is O=C(CSc1nnc(C2CC2)n1C1CC1)c1ccc2ccccc2c1. The second-order valence-electron chi connectivity index (χ2n) is 6.99. The number of ketones is 1. The predicted octanol–water partition coefficient (Wildman–Crippen LogP) is 4.62. The quantitative estimate of drug-likeness (QED) is 0.481. The highest BCUT2D eigenvalue weighted by atomic mass is 32.2. The van der Waals surface area contributed by atoms with Crippen LogP contribution in [0.3, 0.4) is 0 Å². The van der Waals surface area contributed by atoms with Crippen LogP contribution in [0.25, 0.3) is 10.8 Å². The van der Waals surface area contributed by atoms with E-state index >= 15 is 0 Å². The molecular formula is C20H19N3OS. The van der Waals surface area contributed by atoms with Crippen molar-refractivity contribution < 1.29 is 4.79 Å². The van der Waals surface area contributed by atoms with E-state index in [0.29, 0.717) is 17.7 Å². The first-order valence-corrected chi connectivity index (χ1v) is 9.88. The van der Waals surface area contributed by atoms with Crippen LogP contribution < -0.4 is 0 Å². The normalized spacial score (nSPS) is 17.1. The predicted molar refractivity (Wildman–Crippen MR) is 99.3 cm³/mol. The zero-order chi connectivity index (χ0) is 16.8. The lowest BCUT2D eigenvalue weighted by Gasteiger charge is -2.08. The molecule has 1 heterocycles. The molecule has 2 saturated carbocycles. The van der Waals surface area contributed by atoms with Crippen LogP contribution in [0.15, 0.2) is 47.6 Å². The largest absolute Gasteiger partial charge is 0.303 e. The third-order valence-corrected chi connectivity index (χ3v) is 5.89. The van der Waals surface area contributed by atoms with Gasteiger partial charge >= 0.3 is 0 Å². The Morgan fingerprint density at radius 2 is 1.84 bits per heavy atom. The molecule has 4 nitrogen and oxygen atoms in total. The van der Waals surface area contributed by atoms with Crippen LogP contribution in [0.1, 0.15) is 53.8 Å². The average molecular weight is 349 g/mol. The Bertz CT molecular complexity index is 956. The van der Waals surface area contributed by atoms with Gasteiger partial charge in [0, 0.05) is 17.5 Å². The van der Waals surface area contributed by atoms with E-state index in [9.17, 15) is 4.79 Å². The maximum absolute atomic E-state index is 12.6. The van der Waals surface area contributed by atoms with Crippen molar-refractivity contribution in [3.63, 3.8) is 0 Å². The molecule has 0 amide bonds. The van der Waals surface area contributed by atoms with Gasteiger partial charge in [0.2, 0.25) is 0 Å². The lowest BCUT2D eigenvalue weighted by molar-refractivity contribution is 0.102. The Morgan fingerprint density at radius 1 is 1.04 bits per heavy atom. The number of hydrogen-bond acceptors (Lipinski definition) is 4. The Labute approximate surface area is 150 Å². The molecule has 3 aromatic rings. The molecule has 5 heteroatoms. The molecule has 0 saturated heterocycles. The summed E-state index contributed by atoms with van der Waals surface area (Å²) in [4.78, 5) is 12.6. The number of hydrogen-bond donors (Lipinski definition) is 0. The van der Waals surface area contributed by atoms with Gasteiger partial charge in [-0.05, 0) is 42.5 Å². The second-order valence-corrected chi connectivity index (χ2v) is 7.93. The van der Waals surface area contributed by atoms with Crippen molar-refractivity contribution in [2.24, 2.45) is 0 Å². The van der Waals surface area contributed by atoms with Crippen LogP contribution in [0, 0.1) is 0 Å². The van der Waals surface area contributed by atoms with E-state index in [1.54, 1.807) is 0 Å². The van der Waals surface area contributed by atoms with E-state index in [-0.39, 0.29) is 5.78 Å². The van der Waals surface area contributed by atoms with Crippen LogP contribution in [0.2, 0.25) is 0 Å². The first-order valence-electron chi connectivity index (χ1n) is 8.89. The minimum atomic E-state index is 0.147. The molecule has 0 atom stereocenters. The number of aromatic nitrogens is 3. The Balaban J connectivity index is 1.34. The number of thioether (sulfide) groups is 1. The van der Waals surface area contributed by atoms with Gasteiger partial charge in [0.15, 0.2) is 10.9 Å². The van der Waals surface area contributed by atoms with Crippen LogP contribution in [-0.4, -0.2) is 26.3 Å². The molecule has 0 unspecified atom stereocenters. The van der Waals surface area contributed by atoms with E-state index < -0.39 is 0 Å². The fraction of sp³-hybridized carbons (Fsp3) is 0.350. The topological polar surface area (TPSA) is 47.8 Å². The molecule has 0 N–H and O–H groups in total. The molecule has 126 valence electrons. The summed E-state index contributed by atoms with van der Waals surface area (Å²) in [6.07, 6.45) is 4.88. The summed E-state index contributed by atoms with van der Waals surface area (Å²) in [7, 11) is 0. The van der Waals surface area contributed by atoms with Crippen molar-refractivity contribution in [3.05, 3.63) is 53.9 Å². The highest BCUT2D eigenvalue weighted by molar-refractivity contribution is 7.99. The summed E-state index contributed by atoms with van der Waals surface area (Å²) in [5.41, 5.74) is 0.770. The van der Waals surface area contributed by atoms with Crippen molar-refractivity contribution in [1.29, 1.82) is 0 Å². The fourth-order valence-electron chi connectivity index (χ4n) is 3.26. The molecular weight excluding hydrogens is 330 g/mol. The van der Waals surface area contributed by atoms with Gasteiger partial charge in [-0.1, -0.05) is 48.2 Å². The van der Waals surface area contributed by atoms with Crippen molar-refractivity contribution in [3.8, 4) is 0 Å². The van der Waals surface area contributed by atoms with E-state index in [1.807, 2.05) is 36.4 Å². The van der Waals surface area contributed by atoms with Crippen LogP contribution in [-0.2, 0) is 0 Å². The van der Waals surface area contributed by atoms with Gasteiger partial charge < -0.3 is 4.57 Å². The summed E-state index contributed by atoms with van der Waals surface area (Å²) in [6.45, 7) is 0. The van der Waals surface area contributed by atoms with Crippen molar-refractivity contribution in [2.75, 3.05) is 5.75 Å². The minimum absolute atomic E-state index is 0.147. The fourth-order valence-corrected chi connectivity index (χ4v) is 4.17. The van der Waals surface area contributed by atoms with Gasteiger partial charge in [-0.15, -0.1) is 10.2 Å². The van der Waals surface area contributed by atoms with E-state index in [0.717, 1.165) is 27.3 Å². The number of nitrogens with zero attached hydrogens (tertiary/aromatic N) is 3. The smallest absolute Gasteiger partial charge is 0.191 e. The molecule has 0 radical (unpaired) electrons. The summed E-state index contributed by atoms with van der Waals surface area (Å²) in [5.74, 6) is 2.30. The van der Waals surface area contributed by atoms with Gasteiger partial charge in [0.25, 0.3) is 0 Å². The molecule has 0 aliphatic heterocycles. The molecule has 2 aliphatic rings. The second kappa shape index (κ2) is 5.99. The minimum Gasteiger partial charge on any atom is -0.303 e. The van der Waals surface area contributed by atoms with Crippen molar-refractivity contribution in [1.82, 2.24) is 14.8 Å². The van der Waals surface area contributed by atoms with Crippen LogP contribution in [0.5, 0.6) is 0 Å². The standard InChI is InChI=1S/C20H19N3OS/c24-18(16-8-5-13-3-1-2-4-15(13)11-16)12-25-20-22-21-19(14-6-7-14)23(20)17-9-10-17/h1-5,8,11,14,17H,6-7,9-10,12H2. The number of fused-ring (bicyclic) bond motifs is 1. The molecule has 2 fully saturated rings. The summed E-state index contributed by atoms with van der Waals surface area (Å²) >= 11 is 1.53. The van der Waals surface area contributed by atoms with Crippen molar-refractivity contribution in [2.45, 2.75) is 42.8 Å². The first kappa shape index (κ1) is 15.1. The van der Waals surface area contributed by atoms with Gasteiger partial charge in [-0.2, -0.15) is 0 Å². The summed E-state index contributed by atoms with van der Waals surface area (Å²) in [5, 5.41) is 12.0. The van der Waals surface area contributed by atoms with Gasteiger partial charge in [-0.25, -0.2) is 0 Å². The maximum atomic E-state index is 12.6. The Hall–Kier alpha value is -2.14. The van der Waals surface area contributed by atoms with Crippen LogP contribution >= 0.6 is 11.8 Å². The number of Topliss-reactive ketones (excluding diaryl/α,β-unsaturated/α-hetero) is 1.